The number of carbonyl (C=O) groups excluding carboxylic acids is 2. The maximum Gasteiger partial charge on any atom is 0.343 e. The van der Waals surface area contributed by atoms with Crippen molar-refractivity contribution in [1.82, 2.24) is 30.7 Å². The van der Waals surface area contributed by atoms with Crippen LogP contribution in [0.4, 0.5) is 11.5 Å². The molecule has 2 aromatic carbocycles. The van der Waals surface area contributed by atoms with Crippen molar-refractivity contribution in [3.63, 3.8) is 0 Å². The van der Waals surface area contributed by atoms with Crippen molar-refractivity contribution >= 4 is 41.2 Å². The second-order valence-electron chi connectivity index (χ2n) is 6.99. The number of esters is 1. The van der Waals surface area contributed by atoms with Gasteiger partial charge in [0.05, 0.1) is 22.4 Å². The highest BCUT2D eigenvalue weighted by molar-refractivity contribution is 6.32. The molecule has 0 aliphatic heterocycles. The predicted molar refractivity (Wildman–Crippen MR) is 123 cm³/mol. The molecule has 182 valence electrons. The fourth-order valence-corrected chi connectivity index (χ4v) is 3.11. The van der Waals surface area contributed by atoms with Crippen molar-refractivity contribution < 1.29 is 23.9 Å². The van der Waals surface area contributed by atoms with Crippen LogP contribution in [0.5, 0.6) is 5.75 Å². The van der Waals surface area contributed by atoms with Crippen LogP contribution in [0.3, 0.4) is 0 Å². The first kappa shape index (κ1) is 24.0. The summed E-state index contributed by atoms with van der Waals surface area (Å²) < 4.78 is 10.9. The third-order valence-corrected chi connectivity index (χ3v) is 4.90. The average Bonchev–Trinajstić information content (AvgIpc) is 3.44. The van der Waals surface area contributed by atoms with E-state index in [1.807, 2.05) is 0 Å². The number of carbonyl (C=O) groups is 2. The zero-order valence-corrected chi connectivity index (χ0v) is 18.9. The fraction of sp³-hybridized carbons (Fsp3) is 0.0500. The number of benzene rings is 2. The van der Waals surface area contributed by atoms with Crippen LogP contribution >= 0.6 is 11.6 Å². The molecule has 4 aromatic rings. The lowest BCUT2D eigenvalue weighted by Crippen LogP contribution is -2.22. The van der Waals surface area contributed by atoms with E-state index >= 15 is 0 Å². The van der Waals surface area contributed by atoms with Gasteiger partial charge in [-0.05, 0) is 47.1 Å². The molecule has 2 aromatic heterocycles. The van der Waals surface area contributed by atoms with Gasteiger partial charge in [-0.2, -0.15) is 9.78 Å². The fourth-order valence-electron chi connectivity index (χ4n) is 2.93. The van der Waals surface area contributed by atoms with Gasteiger partial charge >= 0.3 is 5.97 Å². The number of aryl methyl sites for hydroxylation is 1. The first-order valence-electron chi connectivity index (χ1n) is 9.85. The summed E-state index contributed by atoms with van der Waals surface area (Å²) in [4.78, 5) is 35.4. The number of nitro benzene ring substituents is 1. The summed E-state index contributed by atoms with van der Waals surface area (Å²) in [6.45, 7) is 1.55. The molecule has 0 bridgehead atoms. The summed E-state index contributed by atoms with van der Waals surface area (Å²) in [5.74, 6) is -1.44. The number of nitrogens with zero attached hydrogens (tertiary/aromatic N) is 7. The third kappa shape index (κ3) is 5.00. The number of ether oxygens (including phenoxy) is 1. The van der Waals surface area contributed by atoms with Gasteiger partial charge in [-0.3, -0.25) is 14.9 Å². The molecule has 0 atom stereocenters. The van der Waals surface area contributed by atoms with Crippen LogP contribution < -0.4 is 15.9 Å². The number of amides is 1. The summed E-state index contributed by atoms with van der Waals surface area (Å²) in [5.41, 5.74) is 8.26. The Balaban J connectivity index is 1.45. The van der Waals surface area contributed by atoms with Gasteiger partial charge < -0.3 is 10.5 Å². The van der Waals surface area contributed by atoms with Crippen LogP contribution in [-0.4, -0.2) is 48.3 Å². The Hall–Kier alpha value is -5.18. The van der Waals surface area contributed by atoms with Gasteiger partial charge in [-0.1, -0.05) is 28.9 Å². The zero-order chi connectivity index (χ0) is 25.8. The van der Waals surface area contributed by atoms with Crippen LogP contribution in [-0.2, 0) is 0 Å². The van der Waals surface area contributed by atoms with Crippen molar-refractivity contribution in [1.29, 1.82) is 0 Å². The molecular weight excluding hydrogens is 498 g/mol. The summed E-state index contributed by atoms with van der Waals surface area (Å²) in [5, 5.41) is 29.5. The average molecular weight is 512 g/mol. The lowest BCUT2D eigenvalue weighted by atomic mass is 10.2. The van der Waals surface area contributed by atoms with E-state index in [4.69, 9.17) is 22.1 Å². The second kappa shape index (κ2) is 9.98. The highest BCUT2D eigenvalue weighted by Gasteiger charge is 2.23. The maximum atomic E-state index is 12.6. The van der Waals surface area contributed by atoms with Crippen molar-refractivity contribution in [2.75, 3.05) is 5.73 Å². The monoisotopic (exact) mass is 511 g/mol. The van der Waals surface area contributed by atoms with Gasteiger partial charge in [-0.15, -0.1) is 5.10 Å². The molecule has 1 amide bonds. The normalized spacial score (nSPS) is 10.9. The minimum atomic E-state index is -0.824. The molecule has 0 radical (unpaired) electrons. The molecule has 0 aliphatic rings. The van der Waals surface area contributed by atoms with E-state index in [1.54, 1.807) is 19.1 Å². The standard InChI is InChI=1S/C20H14ClN9O6/c1-10-16(29(28-24-10)18-17(22)26-36-27-18)19(31)25-23-9-11-3-2-4-13(7-11)35-20(32)12-5-6-14(21)15(8-12)30(33)34/h2-9H,1H3,(H2,22,26)(H,25,31). The Bertz CT molecular complexity index is 1510. The molecular formula is C20H14ClN9O6. The Kier molecular flexibility index (Phi) is 6.64. The smallest absolute Gasteiger partial charge is 0.343 e. The molecule has 0 spiro atoms. The molecule has 2 heterocycles. The van der Waals surface area contributed by atoms with Gasteiger partial charge in [0.2, 0.25) is 11.6 Å². The Labute approximate surface area is 205 Å². The van der Waals surface area contributed by atoms with Crippen LogP contribution in [0.1, 0.15) is 32.1 Å². The number of nitro groups is 1. The SMILES string of the molecule is Cc1nnn(-c2nonc2N)c1C(=O)NN=Cc1cccc(OC(=O)c2ccc(Cl)c([N+](=O)[O-])c2)c1. The summed E-state index contributed by atoms with van der Waals surface area (Å²) >= 11 is 5.77. The third-order valence-electron chi connectivity index (χ3n) is 4.58. The number of hydrazone groups is 1. The minimum absolute atomic E-state index is 0.00860. The van der Waals surface area contributed by atoms with Crippen molar-refractivity contribution in [3.8, 4) is 11.6 Å². The highest BCUT2D eigenvalue weighted by Crippen LogP contribution is 2.26. The number of nitrogens with one attached hydrogen (secondary N) is 1. The van der Waals surface area contributed by atoms with Gasteiger partial charge in [0.15, 0.2) is 5.69 Å². The van der Waals surface area contributed by atoms with Crippen LogP contribution in [0, 0.1) is 17.0 Å². The lowest BCUT2D eigenvalue weighted by Gasteiger charge is -2.06. The quantitative estimate of drug-likeness (QED) is 0.121. The van der Waals surface area contributed by atoms with Crippen molar-refractivity contribution in [3.05, 3.63) is 80.1 Å². The van der Waals surface area contributed by atoms with E-state index in [0.717, 1.165) is 10.7 Å². The summed E-state index contributed by atoms with van der Waals surface area (Å²) in [7, 11) is 0. The van der Waals surface area contributed by atoms with Gasteiger partial charge in [-0.25, -0.2) is 14.8 Å². The van der Waals surface area contributed by atoms with Crippen LogP contribution in [0.25, 0.3) is 5.82 Å². The van der Waals surface area contributed by atoms with E-state index < -0.39 is 22.5 Å². The largest absolute Gasteiger partial charge is 0.423 e. The number of nitrogens with two attached hydrogens (primary N) is 1. The molecule has 0 fully saturated rings. The first-order chi connectivity index (χ1) is 17.2. The van der Waals surface area contributed by atoms with Crippen molar-refractivity contribution in [2.45, 2.75) is 6.92 Å². The second-order valence-corrected chi connectivity index (χ2v) is 7.40. The van der Waals surface area contributed by atoms with E-state index in [0.29, 0.717) is 5.56 Å². The van der Waals surface area contributed by atoms with Crippen molar-refractivity contribution in [2.24, 2.45) is 5.10 Å². The molecule has 3 N–H and O–H groups in total. The number of halogens is 1. The highest BCUT2D eigenvalue weighted by atomic mass is 35.5. The minimum Gasteiger partial charge on any atom is -0.423 e. The zero-order valence-electron chi connectivity index (χ0n) is 18.2. The molecule has 16 heteroatoms. The number of aromatic nitrogens is 5. The Morgan fingerprint density at radius 3 is 2.81 bits per heavy atom. The van der Waals surface area contributed by atoms with E-state index in [2.05, 4.69) is 35.8 Å². The molecule has 0 aliphatic carbocycles. The number of rotatable bonds is 7. The summed E-state index contributed by atoms with van der Waals surface area (Å²) in [6, 6.07) is 9.76. The van der Waals surface area contributed by atoms with Gasteiger partial charge in [0, 0.05) is 6.07 Å². The van der Waals surface area contributed by atoms with Crippen LogP contribution in [0.15, 0.2) is 52.2 Å². The van der Waals surface area contributed by atoms with Crippen LogP contribution in [0.2, 0.25) is 5.02 Å². The molecule has 15 nitrogen and oxygen atoms in total. The molecule has 0 saturated carbocycles. The Morgan fingerprint density at radius 1 is 1.28 bits per heavy atom. The topological polar surface area (TPSA) is 207 Å². The maximum absolute atomic E-state index is 12.6. The Morgan fingerprint density at radius 2 is 2.08 bits per heavy atom. The lowest BCUT2D eigenvalue weighted by molar-refractivity contribution is -0.384. The number of hydrogen-bond acceptors (Lipinski definition) is 12. The van der Waals surface area contributed by atoms with E-state index in [1.165, 1.54) is 30.5 Å². The van der Waals surface area contributed by atoms with E-state index in [9.17, 15) is 19.7 Å². The molecule has 4 rings (SSSR count). The van der Waals surface area contributed by atoms with Gasteiger partial charge in [0.25, 0.3) is 11.6 Å². The van der Waals surface area contributed by atoms with Gasteiger partial charge in [0.1, 0.15) is 10.8 Å². The molecule has 36 heavy (non-hydrogen) atoms. The number of hydrogen-bond donors (Lipinski definition) is 2. The number of nitrogen functional groups attached to an aromatic ring is 1. The number of anilines is 1. The molecule has 0 saturated heterocycles. The first-order valence-corrected chi connectivity index (χ1v) is 10.2. The summed E-state index contributed by atoms with van der Waals surface area (Å²) in [6.07, 6.45) is 1.30. The van der Waals surface area contributed by atoms with E-state index in [-0.39, 0.29) is 39.4 Å². The predicted octanol–water partition coefficient (Wildman–Crippen LogP) is 2.09. The molecule has 0 unspecified atom stereocenters.